The number of methoxy groups -OCH3 is 2. The molecule has 2 aromatic carbocycles. The highest BCUT2D eigenvalue weighted by molar-refractivity contribution is 7.89. The molecule has 124 valence electrons. The molecule has 0 radical (unpaired) electrons. The molecule has 0 heterocycles. The molecular weight excluding hydrogens is 321 g/mol. The van der Waals surface area contributed by atoms with Crippen LogP contribution in [0.3, 0.4) is 0 Å². The van der Waals surface area contributed by atoms with Gasteiger partial charge >= 0.3 is 0 Å². The normalized spacial score (nSPS) is 11.5. The lowest BCUT2D eigenvalue weighted by molar-refractivity contribution is 0.347. The van der Waals surface area contributed by atoms with Gasteiger partial charge in [0.25, 0.3) is 0 Å². The van der Waals surface area contributed by atoms with E-state index >= 15 is 0 Å². The molecule has 0 unspecified atom stereocenters. The fraction of sp³-hybridized carbons (Fsp3) is 0.250. The zero-order chi connectivity index (χ0) is 17.0. The topological polar surface area (TPSA) is 55.8 Å². The monoisotopic (exact) mass is 339 g/mol. The van der Waals surface area contributed by atoms with Gasteiger partial charge in [0, 0.05) is 19.2 Å². The van der Waals surface area contributed by atoms with Crippen molar-refractivity contribution in [3.05, 3.63) is 53.8 Å². The second kappa shape index (κ2) is 6.97. The predicted molar refractivity (Wildman–Crippen MR) is 84.6 cm³/mol. The van der Waals surface area contributed by atoms with Crippen molar-refractivity contribution in [2.75, 3.05) is 21.3 Å². The number of rotatable bonds is 6. The maximum atomic E-state index is 13.0. The van der Waals surface area contributed by atoms with Gasteiger partial charge < -0.3 is 9.47 Å². The van der Waals surface area contributed by atoms with Crippen LogP contribution >= 0.6 is 0 Å². The van der Waals surface area contributed by atoms with Crippen LogP contribution in [0, 0.1) is 5.82 Å². The Morgan fingerprint density at radius 1 is 1.04 bits per heavy atom. The molecule has 0 saturated heterocycles. The van der Waals surface area contributed by atoms with E-state index in [1.807, 2.05) is 0 Å². The van der Waals surface area contributed by atoms with E-state index < -0.39 is 15.8 Å². The van der Waals surface area contributed by atoms with Gasteiger partial charge in [0.05, 0.1) is 19.1 Å². The van der Waals surface area contributed by atoms with Crippen molar-refractivity contribution in [3.63, 3.8) is 0 Å². The van der Waals surface area contributed by atoms with Gasteiger partial charge in [-0.25, -0.2) is 12.8 Å². The third-order valence-electron chi connectivity index (χ3n) is 3.40. The molecule has 5 nitrogen and oxygen atoms in total. The molecule has 2 aromatic rings. The van der Waals surface area contributed by atoms with Crippen LogP contribution in [0.25, 0.3) is 0 Å². The highest BCUT2D eigenvalue weighted by Gasteiger charge is 2.22. The van der Waals surface area contributed by atoms with Crippen LogP contribution in [0.4, 0.5) is 4.39 Å². The van der Waals surface area contributed by atoms with Gasteiger partial charge in [-0.15, -0.1) is 0 Å². The van der Waals surface area contributed by atoms with Crippen LogP contribution in [0.5, 0.6) is 11.5 Å². The summed E-state index contributed by atoms with van der Waals surface area (Å²) in [5, 5.41) is 0. The molecule has 0 aliphatic rings. The van der Waals surface area contributed by atoms with E-state index in [4.69, 9.17) is 9.47 Å². The Labute approximate surface area is 135 Å². The van der Waals surface area contributed by atoms with Gasteiger partial charge in [-0.1, -0.05) is 12.1 Å². The Kier molecular flexibility index (Phi) is 5.23. The van der Waals surface area contributed by atoms with Gasteiger partial charge in [-0.05, 0) is 30.3 Å². The first-order chi connectivity index (χ1) is 10.9. The molecule has 0 saturated carbocycles. The van der Waals surface area contributed by atoms with Gasteiger partial charge in [-0.3, -0.25) is 0 Å². The fourth-order valence-electron chi connectivity index (χ4n) is 2.19. The smallest absolute Gasteiger partial charge is 0.243 e. The molecule has 0 aromatic heterocycles. The number of hydrogen-bond donors (Lipinski definition) is 0. The zero-order valence-electron chi connectivity index (χ0n) is 13.1. The third kappa shape index (κ3) is 3.62. The van der Waals surface area contributed by atoms with Crippen LogP contribution in [0.1, 0.15) is 5.56 Å². The average Bonchev–Trinajstić information content (AvgIpc) is 2.54. The van der Waals surface area contributed by atoms with Crippen molar-refractivity contribution in [1.29, 1.82) is 0 Å². The number of halogens is 1. The van der Waals surface area contributed by atoms with Crippen molar-refractivity contribution in [2.24, 2.45) is 0 Å². The van der Waals surface area contributed by atoms with Gasteiger partial charge in [0.2, 0.25) is 10.0 Å². The summed E-state index contributed by atoms with van der Waals surface area (Å²) in [5.74, 6) is 0.523. The fourth-order valence-corrected chi connectivity index (χ4v) is 3.34. The van der Waals surface area contributed by atoms with Crippen LogP contribution in [0.2, 0.25) is 0 Å². The summed E-state index contributed by atoms with van der Waals surface area (Å²) in [6, 6.07) is 9.97. The lowest BCUT2D eigenvalue weighted by atomic mass is 10.2. The first kappa shape index (κ1) is 17.2. The minimum Gasteiger partial charge on any atom is -0.493 e. The second-order valence-electron chi connectivity index (χ2n) is 4.87. The third-order valence-corrected chi connectivity index (χ3v) is 5.22. The summed E-state index contributed by atoms with van der Waals surface area (Å²) >= 11 is 0. The van der Waals surface area contributed by atoms with Crippen molar-refractivity contribution >= 4 is 10.0 Å². The molecule has 0 aliphatic heterocycles. The van der Waals surface area contributed by atoms with Crippen molar-refractivity contribution in [3.8, 4) is 11.5 Å². The molecule has 0 spiro atoms. The summed E-state index contributed by atoms with van der Waals surface area (Å²) in [4.78, 5) is 0.0308. The van der Waals surface area contributed by atoms with E-state index in [2.05, 4.69) is 0 Å². The molecule has 0 N–H and O–H groups in total. The SMILES string of the molecule is COc1cccc(CN(C)S(=O)(=O)c2ccc(F)cc2)c1OC. The molecule has 0 atom stereocenters. The van der Waals surface area contributed by atoms with Gasteiger partial charge in [0.15, 0.2) is 11.5 Å². The molecule has 7 heteroatoms. The number of sulfonamides is 1. The first-order valence-electron chi connectivity index (χ1n) is 6.82. The van der Waals surface area contributed by atoms with E-state index in [9.17, 15) is 12.8 Å². The number of hydrogen-bond acceptors (Lipinski definition) is 4. The van der Waals surface area contributed by atoms with E-state index in [1.54, 1.807) is 18.2 Å². The van der Waals surface area contributed by atoms with Gasteiger partial charge in [-0.2, -0.15) is 4.31 Å². The standard InChI is InChI=1S/C16H18FNO4S/c1-18(23(19,20)14-9-7-13(17)8-10-14)11-12-5-4-6-15(21-2)16(12)22-3/h4-10H,11H2,1-3H3. The van der Waals surface area contributed by atoms with E-state index in [0.29, 0.717) is 17.1 Å². The number of para-hydroxylation sites is 1. The molecule has 0 bridgehead atoms. The van der Waals surface area contributed by atoms with E-state index in [1.165, 1.54) is 37.7 Å². The minimum absolute atomic E-state index is 0.0308. The molecule has 23 heavy (non-hydrogen) atoms. The van der Waals surface area contributed by atoms with Crippen LogP contribution in [-0.2, 0) is 16.6 Å². The Morgan fingerprint density at radius 3 is 2.26 bits per heavy atom. The predicted octanol–water partition coefficient (Wildman–Crippen LogP) is 2.66. The molecule has 0 fully saturated rings. The molecular formula is C16H18FNO4S. The van der Waals surface area contributed by atoms with E-state index in [-0.39, 0.29) is 11.4 Å². The second-order valence-corrected chi connectivity index (χ2v) is 6.91. The molecule has 0 aliphatic carbocycles. The first-order valence-corrected chi connectivity index (χ1v) is 8.26. The van der Waals surface area contributed by atoms with Crippen LogP contribution < -0.4 is 9.47 Å². The van der Waals surface area contributed by atoms with Crippen LogP contribution in [-0.4, -0.2) is 34.0 Å². The van der Waals surface area contributed by atoms with Gasteiger partial charge in [0.1, 0.15) is 5.82 Å². The largest absolute Gasteiger partial charge is 0.493 e. The van der Waals surface area contributed by atoms with Crippen molar-refractivity contribution < 1.29 is 22.3 Å². The number of nitrogens with zero attached hydrogens (tertiary/aromatic N) is 1. The molecule has 0 amide bonds. The Bertz CT molecular complexity index is 775. The highest BCUT2D eigenvalue weighted by Crippen LogP contribution is 2.32. The maximum Gasteiger partial charge on any atom is 0.243 e. The number of ether oxygens (including phenoxy) is 2. The molecule has 2 rings (SSSR count). The summed E-state index contributed by atoms with van der Waals surface area (Å²) in [6.07, 6.45) is 0. The summed E-state index contributed by atoms with van der Waals surface area (Å²) in [5.41, 5.74) is 0.667. The highest BCUT2D eigenvalue weighted by atomic mass is 32.2. The quantitative estimate of drug-likeness (QED) is 0.812. The Hall–Kier alpha value is -2.12. The average molecular weight is 339 g/mol. The Balaban J connectivity index is 2.31. The summed E-state index contributed by atoms with van der Waals surface area (Å²) in [6.45, 7) is 0.0973. The number of benzene rings is 2. The van der Waals surface area contributed by atoms with Crippen LogP contribution in [0.15, 0.2) is 47.4 Å². The van der Waals surface area contributed by atoms with Crippen molar-refractivity contribution in [1.82, 2.24) is 4.31 Å². The van der Waals surface area contributed by atoms with Crippen molar-refractivity contribution in [2.45, 2.75) is 11.4 Å². The Morgan fingerprint density at radius 2 is 1.70 bits per heavy atom. The van der Waals surface area contributed by atoms with E-state index in [0.717, 1.165) is 12.1 Å². The summed E-state index contributed by atoms with van der Waals surface area (Å²) < 4.78 is 49.7. The summed E-state index contributed by atoms with van der Waals surface area (Å²) in [7, 11) is 0.738. The zero-order valence-corrected chi connectivity index (χ0v) is 13.9. The maximum absolute atomic E-state index is 13.0. The minimum atomic E-state index is -3.73. The lowest BCUT2D eigenvalue weighted by Crippen LogP contribution is -2.26. The lowest BCUT2D eigenvalue weighted by Gasteiger charge is -2.19.